The summed E-state index contributed by atoms with van der Waals surface area (Å²) in [6.07, 6.45) is 0.494. The Morgan fingerprint density at radius 2 is 1.93 bits per heavy atom. The minimum Gasteiger partial charge on any atom is -0.476 e. The lowest BCUT2D eigenvalue weighted by Crippen LogP contribution is -2.40. The van der Waals surface area contributed by atoms with Gasteiger partial charge in [0, 0.05) is 11.8 Å². The number of aryl methyl sites for hydroxylation is 1. The van der Waals surface area contributed by atoms with Crippen molar-refractivity contribution in [3.63, 3.8) is 0 Å². The predicted octanol–water partition coefficient (Wildman–Crippen LogP) is 5.75. The molecule has 2 heterocycles. The van der Waals surface area contributed by atoms with Gasteiger partial charge in [0.25, 0.3) is 0 Å². The first-order chi connectivity index (χ1) is 14.0. The molecule has 1 aromatic carbocycles. The van der Waals surface area contributed by atoms with Gasteiger partial charge in [-0.2, -0.15) is 0 Å². The van der Waals surface area contributed by atoms with Crippen LogP contribution in [0.1, 0.15) is 25.0 Å². The summed E-state index contributed by atoms with van der Waals surface area (Å²) in [7, 11) is 1.17. The average molecular weight is 448 g/mol. The maximum absolute atomic E-state index is 13.3. The number of methoxy groups -OCH3 is 1. The van der Waals surface area contributed by atoms with Crippen LogP contribution in [-0.4, -0.2) is 29.6 Å². The topological polar surface area (TPSA) is 74.7 Å². The van der Waals surface area contributed by atoms with E-state index < -0.39 is 11.8 Å². The third-order valence-corrected chi connectivity index (χ3v) is 5.07. The summed E-state index contributed by atoms with van der Waals surface area (Å²) in [6.45, 7) is 8.87. The Morgan fingerprint density at radius 3 is 2.57 bits per heavy atom. The van der Waals surface area contributed by atoms with E-state index in [1.165, 1.54) is 13.3 Å². The SMILES string of the molecule is C=C1OC(C)(C)C(=O)C(c2cc(-c3ncc(Cl)cc3Cl)ccc2C)=C1OC(=O)OC. The molecule has 0 unspecified atom stereocenters. The van der Waals surface area contributed by atoms with Crippen LogP contribution in [0.25, 0.3) is 16.8 Å². The molecule has 0 spiro atoms. The first kappa shape index (κ1) is 21.9. The van der Waals surface area contributed by atoms with Gasteiger partial charge in [-0.3, -0.25) is 9.78 Å². The first-order valence-corrected chi connectivity index (χ1v) is 9.66. The Bertz CT molecular complexity index is 1100. The van der Waals surface area contributed by atoms with Crippen LogP contribution in [-0.2, 0) is 19.0 Å². The highest BCUT2D eigenvalue weighted by molar-refractivity contribution is 6.36. The molecule has 1 aliphatic heterocycles. The molecular formula is C22H19Cl2NO5. The van der Waals surface area contributed by atoms with E-state index in [0.29, 0.717) is 26.9 Å². The number of hydrogen-bond donors (Lipinski definition) is 0. The molecule has 3 rings (SSSR count). The van der Waals surface area contributed by atoms with E-state index in [0.717, 1.165) is 5.56 Å². The van der Waals surface area contributed by atoms with E-state index in [9.17, 15) is 9.59 Å². The minimum absolute atomic E-state index is 0.0486. The van der Waals surface area contributed by atoms with Gasteiger partial charge < -0.3 is 14.2 Å². The van der Waals surface area contributed by atoms with Crippen molar-refractivity contribution in [1.29, 1.82) is 0 Å². The molecular weight excluding hydrogens is 429 g/mol. The van der Waals surface area contributed by atoms with Crippen molar-refractivity contribution < 1.29 is 23.8 Å². The zero-order valence-corrected chi connectivity index (χ0v) is 18.4. The molecule has 0 radical (unpaired) electrons. The van der Waals surface area contributed by atoms with Gasteiger partial charge in [-0.15, -0.1) is 0 Å². The van der Waals surface area contributed by atoms with E-state index >= 15 is 0 Å². The van der Waals surface area contributed by atoms with Crippen LogP contribution >= 0.6 is 23.2 Å². The highest BCUT2D eigenvalue weighted by Crippen LogP contribution is 2.40. The van der Waals surface area contributed by atoms with Crippen molar-refractivity contribution in [2.75, 3.05) is 7.11 Å². The van der Waals surface area contributed by atoms with Crippen molar-refractivity contribution in [3.05, 3.63) is 69.7 Å². The van der Waals surface area contributed by atoms with Gasteiger partial charge in [-0.05, 0) is 44.0 Å². The lowest BCUT2D eigenvalue weighted by atomic mass is 9.85. The summed E-state index contributed by atoms with van der Waals surface area (Å²) in [5, 5.41) is 0.769. The Balaban J connectivity index is 2.26. The summed E-state index contributed by atoms with van der Waals surface area (Å²) in [6, 6.07) is 6.98. The average Bonchev–Trinajstić information content (AvgIpc) is 2.67. The van der Waals surface area contributed by atoms with Gasteiger partial charge in [0.15, 0.2) is 17.1 Å². The largest absolute Gasteiger partial charge is 0.513 e. The molecule has 0 saturated heterocycles. The molecule has 0 N–H and O–H groups in total. The molecule has 2 aromatic rings. The highest BCUT2D eigenvalue weighted by atomic mass is 35.5. The number of carbonyl (C=O) groups excluding carboxylic acids is 2. The number of pyridine rings is 1. The highest BCUT2D eigenvalue weighted by Gasteiger charge is 2.42. The van der Waals surface area contributed by atoms with E-state index in [1.807, 2.05) is 19.1 Å². The van der Waals surface area contributed by atoms with Crippen LogP contribution in [0.15, 0.2) is 48.6 Å². The minimum atomic E-state index is -1.20. The van der Waals surface area contributed by atoms with Gasteiger partial charge in [-0.25, -0.2) is 4.79 Å². The van der Waals surface area contributed by atoms with Crippen LogP contribution in [0.3, 0.4) is 0 Å². The van der Waals surface area contributed by atoms with Crippen molar-refractivity contribution in [3.8, 4) is 11.3 Å². The van der Waals surface area contributed by atoms with E-state index in [-0.39, 0.29) is 22.9 Å². The van der Waals surface area contributed by atoms with Crippen molar-refractivity contribution in [2.45, 2.75) is 26.4 Å². The molecule has 0 atom stereocenters. The lowest BCUT2D eigenvalue weighted by Gasteiger charge is -2.33. The fraction of sp³-hybridized carbons (Fsp3) is 0.227. The molecule has 0 bridgehead atoms. The second-order valence-corrected chi connectivity index (χ2v) is 7.98. The number of benzene rings is 1. The molecule has 8 heteroatoms. The molecule has 30 heavy (non-hydrogen) atoms. The van der Waals surface area contributed by atoms with Gasteiger partial charge in [0.1, 0.15) is 0 Å². The molecule has 0 saturated carbocycles. The maximum Gasteiger partial charge on any atom is 0.513 e. The van der Waals surface area contributed by atoms with Crippen molar-refractivity contribution in [1.82, 2.24) is 4.98 Å². The number of nitrogens with zero attached hydrogens (tertiary/aromatic N) is 1. The summed E-state index contributed by atoms with van der Waals surface area (Å²) < 4.78 is 15.4. The van der Waals surface area contributed by atoms with Crippen molar-refractivity contribution >= 4 is 40.7 Å². The Labute approximate surface area is 184 Å². The predicted molar refractivity (Wildman–Crippen MR) is 114 cm³/mol. The maximum atomic E-state index is 13.3. The van der Waals surface area contributed by atoms with E-state index in [1.54, 1.807) is 26.0 Å². The van der Waals surface area contributed by atoms with Gasteiger partial charge in [0.2, 0.25) is 5.78 Å². The number of ketones is 1. The van der Waals surface area contributed by atoms with Crippen LogP contribution in [0.2, 0.25) is 10.0 Å². The zero-order valence-electron chi connectivity index (χ0n) is 16.8. The third-order valence-electron chi connectivity index (χ3n) is 4.57. The van der Waals surface area contributed by atoms with E-state index in [4.69, 9.17) is 32.7 Å². The van der Waals surface area contributed by atoms with Gasteiger partial charge >= 0.3 is 6.16 Å². The van der Waals surface area contributed by atoms with Crippen molar-refractivity contribution in [2.24, 2.45) is 0 Å². The second kappa shape index (κ2) is 8.13. The normalized spacial score (nSPS) is 15.7. The van der Waals surface area contributed by atoms with Crippen LogP contribution in [0.4, 0.5) is 4.79 Å². The second-order valence-electron chi connectivity index (χ2n) is 7.14. The summed E-state index contributed by atoms with van der Waals surface area (Å²) in [5.74, 6) is -0.418. The molecule has 0 amide bonds. The molecule has 0 aliphatic carbocycles. The number of carbonyl (C=O) groups is 2. The lowest BCUT2D eigenvalue weighted by molar-refractivity contribution is -0.131. The number of hydrogen-bond acceptors (Lipinski definition) is 6. The van der Waals surface area contributed by atoms with Crippen LogP contribution in [0, 0.1) is 6.92 Å². The monoisotopic (exact) mass is 447 g/mol. The summed E-state index contributed by atoms with van der Waals surface area (Å²) >= 11 is 12.3. The number of aromatic nitrogens is 1. The molecule has 1 aliphatic rings. The fourth-order valence-electron chi connectivity index (χ4n) is 3.09. The van der Waals surface area contributed by atoms with E-state index in [2.05, 4.69) is 16.3 Å². The Morgan fingerprint density at radius 1 is 1.23 bits per heavy atom. The number of rotatable bonds is 3. The number of halogens is 2. The smallest absolute Gasteiger partial charge is 0.476 e. The molecule has 6 nitrogen and oxygen atoms in total. The van der Waals surface area contributed by atoms with Crippen LogP contribution in [0.5, 0.6) is 0 Å². The quantitative estimate of drug-likeness (QED) is 0.557. The Kier molecular flexibility index (Phi) is 5.92. The number of ether oxygens (including phenoxy) is 3. The number of Topliss-reactive ketones (excluding diaryl/α,β-unsaturated/α-hetero) is 1. The standard InChI is InChI=1S/C22H19Cl2NO5/c1-11-6-7-13(18-16(24)9-14(23)10-25-18)8-15(11)17-19(29-21(27)28-5)12(2)30-22(3,4)20(17)26/h6-10H,2H2,1,3-5H3. The molecule has 0 fully saturated rings. The third kappa shape index (κ3) is 4.06. The van der Waals surface area contributed by atoms with Gasteiger partial charge in [-0.1, -0.05) is 41.9 Å². The fourth-order valence-corrected chi connectivity index (χ4v) is 3.58. The summed E-state index contributed by atoms with van der Waals surface area (Å²) in [5.41, 5.74) is 1.41. The summed E-state index contributed by atoms with van der Waals surface area (Å²) in [4.78, 5) is 29.4. The first-order valence-electron chi connectivity index (χ1n) is 8.90. The zero-order chi connectivity index (χ0) is 22.2. The molecule has 1 aromatic heterocycles. The van der Waals surface area contributed by atoms with Crippen LogP contribution < -0.4 is 0 Å². The van der Waals surface area contributed by atoms with Gasteiger partial charge in [0.05, 0.1) is 28.4 Å². The molecule has 156 valence electrons. The Hall–Kier alpha value is -2.83.